The van der Waals surface area contributed by atoms with Crippen molar-refractivity contribution in [3.63, 3.8) is 0 Å². The maximum Gasteiger partial charge on any atom is 0.338 e. The number of anilines is 1. The van der Waals surface area contributed by atoms with Crippen LogP contribution < -0.4 is 10.1 Å². The maximum absolute atomic E-state index is 12.0. The zero-order chi connectivity index (χ0) is 19.6. The Kier molecular flexibility index (Phi) is 7.30. The van der Waals surface area contributed by atoms with E-state index in [1.165, 1.54) is 30.3 Å². The van der Waals surface area contributed by atoms with E-state index in [0.717, 1.165) is 12.8 Å². The highest BCUT2D eigenvalue weighted by molar-refractivity contribution is 5.95. The number of hydrogen-bond donors (Lipinski definition) is 1. The molecule has 0 aromatic heterocycles. The summed E-state index contributed by atoms with van der Waals surface area (Å²) >= 11 is 0. The Morgan fingerprint density at radius 3 is 2.56 bits per heavy atom. The van der Waals surface area contributed by atoms with E-state index in [2.05, 4.69) is 5.32 Å². The Balaban J connectivity index is 1.87. The second-order valence-corrected chi connectivity index (χ2v) is 5.66. The third kappa shape index (κ3) is 6.43. The molecule has 2 rings (SSSR count). The van der Waals surface area contributed by atoms with E-state index in [9.17, 15) is 19.7 Å². The van der Waals surface area contributed by atoms with Gasteiger partial charge in [0.2, 0.25) is 0 Å². The van der Waals surface area contributed by atoms with Gasteiger partial charge in [-0.15, -0.1) is 0 Å². The molecular weight excluding hydrogens is 352 g/mol. The van der Waals surface area contributed by atoms with Crippen LogP contribution in [0.3, 0.4) is 0 Å². The van der Waals surface area contributed by atoms with Crippen LogP contribution in [-0.4, -0.2) is 30.0 Å². The normalized spacial score (nSPS) is 10.1. The molecule has 0 aliphatic heterocycles. The largest absolute Gasteiger partial charge is 0.484 e. The number of unbranched alkanes of at least 4 members (excludes halogenated alkanes) is 1. The van der Waals surface area contributed by atoms with Gasteiger partial charge in [0.05, 0.1) is 17.1 Å². The molecule has 0 aliphatic rings. The number of nitrogens with zero attached hydrogens (tertiary/aromatic N) is 1. The number of nitro groups is 1. The molecule has 2 aromatic carbocycles. The van der Waals surface area contributed by atoms with Gasteiger partial charge in [-0.1, -0.05) is 19.4 Å². The fourth-order valence-corrected chi connectivity index (χ4v) is 2.13. The quantitative estimate of drug-likeness (QED) is 0.312. The van der Waals surface area contributed by atoms with Gasteiger partial charge in [0, 0.05) is 17.8 Å². The van der Waals surface area contributed by atoms with Crippen LogP contribution in [0.5, 0.6) is 5.75 Å². The van der Waals surface area contributed by atoms with Gasteiger partial charge in [-0.2, -0.15) is 0 Å². The number of ether oxygens (including phenoxy) is 2. The number of non-ortho nitro benzene ring substituents is 1. The van der Waals surface area contributed by atoms with Crippen molar-refractivity contribution in [1.29, 1.82) is 0 Å². The third-order valence-electron chi connectivity index (χ3n) is 3.53. The zero-order valence-electron chi connectivity index (χ0n) is 14.8. The van der Waals surface area contributed by atoms with E-state index >= 15 is 0 Å². The topological polar surface area (TPSA) is 108 Å². The van der Waals surface area contributed by atoms with E-state index in [1.54, 1.807) is 18.2 Å². The highest BCUT2D eigenvalue weighted by Crippen LogP contribution is 2.17. The van der Waals surface area contributed by atoms with Crippen LogP contribution in [0.4, 0.5) is 11.4 Å². The first-order valence-corrected chi connectivity index (χ1v) is 8.44. The van der Waals surface area contributed by atoms with Crippen molar-refractivity contribution < 1.29 is 24.0 Å². The average Bonchev–Trinajstić information content (AvgIpc) is 2.67. The number of amides is 1. The molecule has 0 saturated heterocycles. The van der Waals surface area contributed by atoms with Gasteiger partial charge in [-0.3, -0.25) is 14.9 Å². The lowest BCUT2D eigenvalue weighted by molar-refractivity contribution is -0.384. The summed E-state index contributed by atoms with van der Waals surface area (Å²) < 4.78 is 10.4. The molecule has 142 valence electrons. The first kappa shape index (κ1) is 19.9. The minimum Gasteiger partial charge on any atom is -0.484 e. The summed E-state index contributed by atoms with van der Waals surface area (Å²) in [6, 6.07) is 11.8. The molecule has 0 unspecified atom stereocenters. The van der Waals surface area contributed by atoms with Crippen LogP contribution in [0, 0.1) is 10.1 Å². The lowest BCUT2D eigenvalue weighted by atomic mass is 10.2. The second-order valence-electron chi connectivity index (χ2n) is 5.66. The highest BCUT2D eigenvalue weighted by Gasteiger charge is 2.10. The number of nitro benzene ring substituents is 1. The van der Waals surface area contributed by atoms with Crippen LogP contribution in [0.1, 0.15) is 30.1 Å². The lowest BCUT2D eigenvalue weighted by Gasteiger charge is -2.09. The zero-order valence-corrected chi connectivity index (χ0v) is 14.8. The van der Waals surface area contributed by atoms with Crippen LogP contribution in [0.2, 0.25) is 0 Å². The average molecular weight is 372 g/mol. The molecule has 0 fully saturated rings. The summed E-state index contributed by atoms with van der Waals surface area (Å²) in [4.78, 5) is 34.0. The van der Waals surface area contributed by atoms with Crippen molar-refractivity contribution >= 4 is 23.3 Å². The summed E-state index contributed by atoms with van der Waals surface area (Å²) in [6.45, 7) is 2.08. The number of esters is 1. The molecule has 1 amide bonds. The van der Waals surface area contributed by atoms with Gasteiger partial charge in [-0.05, 0) is 36.8 Å². The van der Waals surface area contributed by atoms with Crippen LogP contribution >= 0.6 is 0 Å². The predicted molar refractivity (Wildman–Crippen MR) is 98.9 cm³/mol. The minimum atomic E-state index is -0.517. The van der Waals surface area contributed by atoms with E-state index in [1.807, 2.05) is 6.92 Å². The van der Waals surface area contributed by atoms with Gasteiger partial charge in [0.15, 0.2) is 6.61 Å². The van der Waals surface area contributed by atoms with Crippen molar-refractivity contribution in [2.75, 3.05) is 18.5 Å². The number of hydrogen-bond acceptors (Lipinski definition) is 6. The smallest absolute Gasteiger partial charge is 0.338 e. The molecule has 0 saturated carbocycles. The fourth-order valence-electron chi connectivity index (χ4n) is 2.13. The van der Waals surface area contributed by atoms with Crippen molar-refractivity contribution in [1.82, 2.24) is 0 Å². The van der Waals surface area contributed by atoms with Crippen LogP contribution in [-0.2, 0) is 9.53 Å². The van der Waals surface area contributed by atoms with Gasteiger partial charge in [0.25, 0.3) is 11.6 Å². The molecule has 0 heterocycles. The van der Waals surface area contributed by atoms with E-state index < -0.39 is 16.8 Å². The Morgan fingerprint density at radius 1 is 1.15 bits per heavy atom. The Labute approximate surface area is 156 Å². The fraction of sp³-hybridized carbons (Fsp3) is 0.263. The van der Waals surface area contributed by atoms with E-state index in [-0.39, 0.29) is 12.3 Å². The first-order chi connectivity index (χ1) is 13.0. The number of benzene rings is 2. The Morgan fingerprint density at radius 2 is 1.89 bits per heavy atom. The summed E-state index contributed by atoms with van der Waals surface area (Å²) in [5.41, 5.74) is 0.729. The second kappa shape index (κ2) is 9.91. The number of rotatable bonds is 9. The summed E-state index contributed by atoms with van der Waals surface area (Å²) in [5.74, 6) is -0.532. The molecule has 0 aliphatic carbocycles. The van der Waals surface area contributed by atoms with Crippen molar-refractivity contribution in [2.24, 2.45) is 0 Å². The summed E-state index contributed by atoms with van der Waals surface area (Å²) in [6.07, 6.45) is 1.72. The van der Waals surface area contributed by atoms with E-state index in [4.69, 9.17) is 9.47 Å². The third-order valence-corrected chi connectivity index (χ3v) is 3.53. The number of carbonyl (C=O) groups excluding carboxylic acids is 2. The first-order valence-electron chi connectivity index (χ1n) is 8.44. The van der Waals surface area contributed by atoms with Crippen LogP contribution in [0.15, 0.2) is 48.5 Å². The Bertz CT molecular complexity index is 804. The highest BCUT2D eigenvalue weighted by atomic mass is 16.6. The van der Waals surface area contributed by atoms with E-state index in [0.29, 0.717) is 23.6 Å². The molecule has 0 bridgehead atoms. The van der Waals surface area contributed by atoms with Crippen molar-refractivity contribution in [2.45, 2.75) is 19.8 Å². The van der Waals surface area contributed by atoms with Gasteiger partial charge >= 0.3 is 5.97 Å². The maximum atomic E-state index is 12.0. The Hall–Kier alpha value is -3.42. The molecule has 1 N–H and O–H groups in total. The predicted octanol–water partition coefficient (Wildman–Crippen LogP) is 3.57. The molecular formula is C19H20N2O6. The number of carbonyl (C=O) groups is 2. The number of nitrogens with one attached hydrogen (secondary N) is 1. The molecule has 0 atom stereocenters. The van der Waals surface area contributed by atoms with Crippen molar-refractivity contribution in [3.8, 4) is 5.75 Å². The van der Waals surface area contributed by atoms with Gasteiger partial charge < -0.3 is 14.8 Å². The van der Waals surface area contributed by atoms with Gasteiger partial charge in [0.1, 0.15) is 5.75 Å². The monoisotopic (exact) mass is 372 g/mol. The van der Waals surface area contributed by atoms with Crippen molar-refractivity contribution in [3.05, 3.63) is 64.2 Å². The summed E-state index contributed by atoms with van der Waals surface area (Å²) in [7, 11) is 0. The SMILES string of the molecule is CCCCOC(=O)c1cccc(NC(=O)COc2ccc([N+](=O)[O-])cc2)c1. The molecule has 0 spiro atoms. The molecule has 2 aromatic rings. The molecule has 27 heavy (non-hydrogen) atoms. The lowest BCUT2D eigenvalue weighted by Crippen LogP contribution is -2.20. The van der Waals surface area contributed by atoms with Gasteiger partial charge in [-0.25, -0.2) is 4.79 Å². The molecule has 8 nitrogen and oxygen atoms in total. The standard InChI is InChI=1S/C19H20N2O6/c1-2-3-11-26-19(23)14-5-4-6-15(12-14)20-18(22)13-27-17-9-7-16(8-10-17)21(24)25/h4-10,12H,2-3,11,13H2,1H3,(H,20,22). The minimum absolute atomic E-state index is 0.0607. The molecule has 8 heteroatoms. The molecule has 0 radical (unpaired) electrons. The summed E-state index contributed by atoms with van der Waals surface area (Å²) in [5, 5.41) is 13.2. The van der Waals surface area contributed by atoms with Crippen LogP contribution in [0.25, 0.3) is 0 Å².